The molecule has 7 nitrogen and oxygen atoms in total. The Hall–Kier alpha value is -2.23. The zero-order chi connectivity index (χ0) is 22.9. The summed E-state index contributed by atoms with van der Waals surface area (Å²) in [4.78, 5) is 26.5. The maximum atomic E-state index is 13.0. The number of nitrogens with zero attached hydrogens (tertiary/aromatic N) is 1. The van der Waals surface area contributed by atoms with Crippen molar-refractivity contribution < 1.29 is 18.0 Å². The van der Waals surface area contributed by atoms with Crippen LogP contribution in [0.3, 0.4) is 0 Å². The smallest absolute Gasteiger partial charge is 0.251 e. The Labute approximate surface area is 193 Å². The van der Waals surface area contributed by atoms with Crippen molar-refractivity contribution in [1.82, 2.24) is 4.31 Å². The van der Waals surface area contributed by atoms with Crippen molar-refractivity contribution in [2.24, 2.45) is 11.7 Å². The standard InChI is InChI=1S/C23H29N3O4S2/c1-15-7-9-17(10-8-15)32(29,30)26-13-11-16(12-14-26)22(28)25-23-20(21(24)27)18-5-3-2-4-6-19(18)31-23/h7-10,16H,2-6,11-14H2,1H3,(H2,24,27)(H,25,28). The molecular weight excluding hydrogens is 446 g/mol. The predicted octanol–water partition coefficient (Wildman–Crippen LogP) is 3.46. The van der Waals surface area contributed by atoms with E-state index in [0.717, 1.165) is 48.1 Å². The van der Waals surface area contributed by atoms with Crippen molar-refractivity contribution in [3.63, 3.8) is 0 Å². The minimum atomic E-state index is -3.57. The van der Waals surface area contributed by atoms with Gasteiger partial charge in [-0.15, -0.1) is 11.3 Å². The number of benzene rings is 1. The molecule has 172 valence electrons. The number of sulfonamides is 1. The van der Waals surface area contributed by atoms with Crippen molar-refractivity contribution in [3.05, 3.63) is 45.8 Å². The highest BCUT2D eigenvalue weighted by molar-refractivity contribution is 7.89. The third kappa shape index (κ3) is 4.60. The fraction of sp³-hybridized carbons (Fsp3) is 0.478. The van der Waals surface area contributed by atoms with Crippen molar-refractivity contribution in [2.75, 3.05) is 18.4 Å². The maximum Gasteiger partial charge on any atom is 0.251 e. The van der Waals surface area contributed by atoms with E-state index in [1.165, 1.54) is 15.6 Å². The summed E-state index contributed by atoms with van der Waals surface area (Å²) in [6.07, 6.45) is 5.83. The number of anilines is 1. The lowest BCUT2D eigenvalue weighted by Crippen LogP contribution is -2.41. The third-order valence-corrected chi connectivity index (χ3v) is 9.51. The monoisotopic (exact) mass is 475 g/mol. The highest BCUT2D eigenvalue weighted by atomic mass is 32.2. The summed E-state index contributed by atoms with van der Waals surface area (Å²) in [5.74, 6) is -0.975. The Balaban J connectivity index is 1.43. The van der Waals surface area contributed by atoms with Crippen LogP contribution in [0.4, 0.5) is 5.00 Å². The van der Waals surface area contributed by atoms with Gasteiger partial charge < -0.3 is 11.1 Å². The van der Waals surface area contributed by atoms with Crippen LogP contribution in [0.2, 0.25) is 0 Å². The second-order valence-electron chi connectivity index (χ2n) is 8.61. The molecule has 1 aliphatic heterocycles. The average Bonchev–Trinajstić information content (AvgIpc) is 2.95. The molecule has 2 heterocycles. The molecule has 1 fully saturated rings. The molecule has 1 aromatic heterocycles. The molecule has 2 aromatic rings. The minimum absolute atomic E-state index is 0.170. The lowest BCUT2D eigenvalue weighted by molar-refractivity contribution is -0.120. The summed E-state index contributed by atoms with van der Waals surface area (Å²) in [7, 11) is -3.57. The predicted molar refractivity (Wildman–Crippen MR) is 125 cm³/mol. The number of primary amides is 1. The first-order chi connectivity index (χ1) is 15.3. The Morgan fingerprint density at radius 1 is 1.06 bits per heavy atom. The average molecular weight is 476 g/mol. The van der Waals surface area contributed by atoms with E-state index < -0.39 is 15.9 Å². The molecule has 1 aromatic carbocycles. The van der Waals surface area contributed by atoms with E-state index in [9.17, 15) is 18.0 Å². The Morgan fingerprint density at radius 2 is 1.72 bits per heavy atom. The molecule has 1 aliphatic carbocycles. The highest BCUT2D eigenvalue weighted by Gasteiger charge is 2.33. The molecule has 0 atom stereocenters. The number of carbonyl (C=O) groups excluding carboxylic acids is 2. The lowest BCUT2D eigenvalue weighted by Gasteiger charge is -2.30. The van der Waals surface area contributed by atoms with Crippen molar-refractivity contribution in [3.8, 4) is 0 Å². The van der Waals surface area contributed by atoms with Gasteiger partial charge in [-0.1, -0.05) is 24.1 Å². The van der Waals surface area contributed by atoms with Gasteiger partial charge in [0.2, 0.25) is 15.9 Å². The first-order valence-corrected chi connectivity index (χ1v) is 13.3. The summed E-state index contributed by atoms with van der Waals surface area (Å²) in [5, 5.41) is 3.49. The van der Waals surface area contributed by atoms with Crippen molar-refractivity contribution in [2.45, 2.75) is 56.8 Å². The van der Waals surface area contributed by atoms with Crippen molar-refractivity contribution in [1.29, 1.82) is 0 Å². The van der Waals surface area contributed by atoms with Gasteiger partial charge in [0.05, 0.1) is 10.5 Å². The molecule has 2 aliphatic rings. The van der Waals surface area contributed by atoms with Crippen LogP contribution in [0.1, 0.15) is 58.5 Å². The van der Waals surface area contributed by atoms with E-state index in [1.807, 2.05) is 6.92 Å². The maximum absolute atomic E-state index is 13.0. The van der Waals surface area contributed by atoms with E-state index in [1.54, 1.807) is 24.3 Å². The quantitative estimate of drug-likeness (QED) is 0.645. The van der Waals surface area contributed by atoms with Crippen LogP contribution < -0.4 is 11.1 Å². The van der Waals surface area contributed by atoms with E-state index in [4.69, 9.17) is 5.73 Å². The van der Waals surface area contributed by atoms with Crippen LogP contribution in [0.5, 0.6) is 0 Å². The molecule has 4 rings (SSSR count). The van der Waals surface area contributed by atoms with Crippen LogP contribution >= 0.6 is 11.3 Å². The van der Waals surface area contributed by atoms with E-state index in [-0.39, 0.29) is 29.8 Å². The summed E-state index contributed by atoms with van der Waals surface area (Å²) in [6, 6.07) is 6.81. The third-order valence-electron chi connectivity index (χ3n) is 6.39. The van der Waals surface area contributed by atoms with Crippen LogP contribution in [0.15, 0.2) is 29.2 Å². The Kier molecular flexibility index (Phi) is 6.69. The number of nitrogens with one attached hydrogen (secondary N) is 1. The van der Waals surface area contributed by atoms with Crippen molar-refractivity contribution >= 4 is 38.2 Å². The molecule has 0 radical (unpaired) electrons. The van der Waals surface area contributed by atoms with Gasteiger partial charge in [0.1, 0.15) is 5.00 Å². The van der Waals surface area contributed by atoms with Crippen LogP contribution in [-0.4, -0.2) is 37.6 Å². The largest absolute Gasteiger partial charge is 0.365 e. The summed E-state index contributed by atoms with van der Waals surface area (Å²) in [6.45, 7) is 2.49. The number of rotatable bonds is 5. The zero-order valence-electron chi connectivity index (χ0n) is 18.2. The molecule has 3 N–H and O–H groups in total. The minimum Gasteiger partial charge on any atom is -0.365 e. The number of hydrogen-bond donors (Lipinski definition) is 2. The van der Waals surface area contributed by atoms with E-state index in [2.05, 4.69) is 5.32 Å². The number of nitrogens with two attached hydrogens (primary N) is 1. The second-order valence-corrected chi connectivity index (χ2v) is 11.7. The number of aryl methyl sites for hydroxylation is 2. The topological polar surface area (TPSA) is 110 Å². The molecule has 0 saturated carbocycles. The van der Waals surface area contributed by atoms with Gasteiger partial charge in [0, 0.05) is 23.9 Å². The summed E-state index contributed by atoms with van der Waals surface area (Å²) < 4.78 is 27.3. The molecule has 0 bridgehead atoms. The van der Waals surface area contributed by atoms with Crippen LogP contribution in [0.25, 0.3) is 0 Å². The summed E-state index contributed by atoms with van der Waals surface area (Å²) >= 11 is 1.46. The fourth-order valence-electron chi connectivity index (χ4n) is 4.52. The molecule has 1 saturated heterocycles. The normalized spacial score (nSPS) is 18.0. The van der Waals surface area contributed by atoms with Crippen LogP contribution in [-0.2, 0) is 27.7 Å². The van der Waals surface area contributed by atoms with Gasteiger partial charge >= 0.3 is 0 Å². The molecule has 0 spiro atoms. The van der Waals surface area contributed by atoms with Gasteiger partial charge in [-0.25, -0.2) is 8.42 Å². The zero-order valence-corrected chi connectivity index (χ0v) is 19.9. The number of carbonyl (C=O) groups is 2. The van der Waals surface area contributed by atoms with Crippen LogP contribution in [0, 0.1) is 12.8 Å². The van der Waals surface area contributed by atoms with E-state index >= 15 is 0 Å². The fourth-order valence-corrected chi connectivity index (χ4v) is 7.29. The Morgan fingerprint density at radius 3 is 2.38 bits per heavy atom. The molecule has 9 heteroatoms. The number of thiophene rings is 1. The van der Waals surface area contributed by atoms with Gasteiger partial charge in [0.25, 0.3) is 5.91 Å². The van der Waals surface area contributed by atoms with Gasteiger partial charge in [-0.05, 0) is 63.1 Å². The van der Waals surface area contributed by atoms with Gasteiger partial charge in [-0.2, -0.15) is 4.31 Å². The van der Waals surface area contributed by atoms with Gasteiger partial charge in [0.15, 0.2) is 0 Å². The summed E-state index contributed by atoms with van der Waals surface area (Å²) in [5.41, 5.74) is 8.12. The Bertz CT molecular complexity index is 1110. The molecule has 0 unspecified atom stereocenters. The van der Waals surface area contributed by atoms with Gasteiger partial charge in [-0.3, -0.25) is 9.59 Å². The number of fused-ring (bicyclic) bond motifs is 1. The first-order valence-electron chi connectivity index (χ1n) is 11.1. The molecule has 2 amide bonds. The molecule has 32 heavy (non-hydrogen) atoms. The number of hydrogen-bond acceptors (Lipinski definition) is 5. The van der Waals surface area contributed by atoms with E-state index in [0.29, 0.717) is 23.4 Å². The first kappa shape index (κ1) is 22.9. The molecular formula is C23H29N3O4S2. The number of piperidine rings is 1. The number of amides is 2. The SMILES string of the molecule is Cc1ccc(S(=O)(=O)N2CCC(C(=O)Nc3sc4c(c3C(N)=O)CCCCC4)CC2)cc1. The lowest BCUT2D eigenvalue weighted by atomic mass is 9.97. The highest BCUT2D eigenvalue weighted by Crippen LogP contribution is 2.38. The second kappa shape index (κ2) is 9.33.